The third-order valence-electron chi connectivity index (χ3n) is 1.74. The van der Waals surface area contributed by atoms with Crippen LogP contribution in [0.5, 0.6) is 0 Å². The van der Waals surface area contributed by atoms with Gasteiger partial charge in [-0.15, -0.1) is 0 Å². The molecule has 0 amide bonds. The number of rotatable bonds is 5. The number of thioether (sulfide) groups is 1. The van der Waals surface area contributed by atoms with Crippen LogP contribution in [0.1, 0.15) is 0 Å². The zero-order chi connectivity index (χ0) is 15.6. The summed E-state index contributed by atoms with van der Waals surface area (Å²) in [6, 6.07) is 2.29. The Bertz CT molecular complexity index is 616. The third-order valence-corrected chi connectivity index (χ3v) is 4.61. The van der Waals surface area contributed by atoms with Gasteiger partial charge in [0.25, 0.3) is 0 Å². The molecule has 1 rings (SSSR count). The molecule has 0 heterocycles. The molecule has 0 saturated carbocycles. The van der Waals surface area contributed by atoms with Gasteiger partial charge in [0, 0.05) is 4.90 Å². The van der Waals surface area contributed by atoms with Crippen molar-refractivity contribution in [1.29, 1.82) is 0 Å². The van der Waals surface area contributed by atoms with Crippen molar-refractivity contribution in [1.82, 2.24) is 0 Å². The minimum atomic E-state index is -4.92. The first-order valence-corrected chi connectivity index (χ1v) is 8.47. The van der Waals surface area contributed by atoms with Crippen molar-refractivity contribution in [3.63, 3.8) is 0 Å². The van der Waals surface area contributed by atoms with E-state index in [4.69, 9.17) is 4.89 Å². The van der Waals surface area contributed by atoms with Gasteiger partial charge in [-0.25, -0.2) is 4.39 Å². The molecule has 1 N–H and O–H groups in total. The second kappa shape index (κ2) is 6.44. The summed E-state index contributed by atoms with van der Waals surface area (Å²) in [5, 5.41) is 0. The number of halogens is 4. The maximum Gasteiger partial charge on any atom is 0.446 e. The van der Waals surface area contributed by atoms with Crippen LogP contribution >= 0.6 is 19.8 Å². The topological polar surface area (TPSA) is 80.7 Å². The average Bonchev–Trinajstić information content (AvgIpc) is 2.24. The van der Waals surface area contributed by atoms with Crippen LogP contribution in [0.15, 0.2) is 28.0 Å². The minimum Gasteiger partial charge on any atom is -0.345 e. The van der Waals surface area contributed by atoms with Gasteiger partial charge in [0.1, 0.15) is 17.1 Å². The van der Waals surface area contributed by atoms with E-state index in [1.165, 1.54) is 0 Å². The summed E-state index contributed by atoms with van der Waals surface area (Å²) in [6.45, 7) is 0. The van der Waals surface area contributed by atoms with Gasteiger partial charge in [-0.1, -0.05) is 6.07 Å². The van der Waals surface area contributed by atoms with Crippen LogP contribution in [0, 0.1) is 5.82 Å². The van der Waals surface area contributed by atoms with Crippen molar-refractivity contribution >= 4 is 29.9 Å². The van der Waals surface area contributed by atoms with E-state index in [0.717, 1.165) is 12.1 Å². The molecule has 0 bridgehead atoms. The molecule has 20 heavy (non-hydrogen) atoms. The van der Waals surface area contributed by atoms with Gasteiger partial charge in [0.05, 0.1) is 0 Å². The van der Waals surface area contributed by atoms with Gasteiger partial charge >= 0.3 is 15.6 Å². The monoisotopic (exact) mass is 354 g/mol. The molecule has 1 aromatic rings. The Balaban J connectivity index is 3.25. The van der Waals surface area contributed by atoms with Gasteiger partial charge in [-0.3, -0.25) is 8.75 Å². The number of alkyl halides is 3. The minimum absolute atomic E-state index is 0.638. The second-order valence-corrected chi connectivity index (χ2v) is 6.96. The molecule has 1 unspecified atom stereocenters. The van der Waals surface area contributed by atoms with E-state index in [1.54, 1.807) is 0 Å². The zero-order valence-corrected chi connectivity index (χ0v) is 12.0. The zero-order valence-electron chi connectivity index (χ0n) is 9.35. The van der Waals surface area contributed by atoms with Crippen molar-refractivity contribution in [2.75, 3.05) is 6.35 Å². The van der Waals surface area contributed by atoms with Crippen LogP contribution in [0.25, 0.3) is 0 Å². The first-order valence-electron chi connectivity index (χ1n) is 4.68. The fourth-order valence-corrected chi connectivity index (χ4v) is 3.90. The fourth-order valence-electron chi connectivity index (χ4n) is 1.12. The quantitative estimate of drug-likeness (QED) is 0.379. The Morgan fingerprint density at radius 1 is 1.35 bits per heavy atom. The summed E-state index contributed by atoms with van der Waals surface area (Å²) in [4.78, 5) is 6.23. The molecule has 1 atom stereocenters. The van der Waals surface area contributed by atoms with E-state index in [2.05, 4.69) is 4.18 Å². The molecule has 0 fully saturated rings. The van der Waals surface area contributed by atoms with Gasteiger partial charge < -0.3 is 4.89 Å². The molecule has 1 aromatic carbocycles. The van der Waals surface area contributed by atoms with E-state index in [9.17, 15) is 30.5 Å². The summed E-state index contributed by atoms with van der Waals surface area (Å²) in [6.07, 6.45) is -1.14. The lowest BCUT2D eigenvalue weighted by Gasteiger charge is -2.12. The highest BCUT2D eigenvalue weighted by Gasteiger charge is 2.34. The van der Waals surface area contributed by atoms with Crippen molar-refractivity contribution in [3.8, 4) is 0 Å². The van der Waals surface area contributed by atoms with Gasteiger partial charge in [-0.2, -0.15) is 21.6 Å². The number of hydrogen-bond acceptors (Lipinski definition) is 5. The molecule has 12 heteroatoms. The van der Waals surface area contributed by atoms with E-state index < -0.39 is 57.4 Å². The van der Waals surface area contributed by atoms with Crippen LogP contribution in [-0.2, 0) is 18.9 Å². The highest BCUT2D eigenvalue weighted by Crippen LogP contribution is 2.41. The normalized spacial score (nSPS) is 14.2. The molecule has 5 nitrogen and oxygen atoms in total. The molecular formula is C8H7F4O5PS2. The molecular weight excluding hydrogens is 347 g/mol. The van der Waals surface area contributed by atoms with Crippen molar-refractivity contribution < 1.29 is 39.6 Å². The average molecular weight is 354 g/mol. The van der Waals surface area contributed by atoms with Crippen molar-refractivity contribution in [2.45, 2.75) is 15.3 Å². The molecule has 0 spiro atoms. The second-order valence-electron chi connectivity index (χ2n) is 3.22. The Morgan fingerprint density at radius 2 is 1.95 bits per heavy atom. The van der Waals surface area contributed by atoms with Crippen LogP contribution in [-0.4, -0.2) is 25.2 Å². The lowest BCUT2D eigenvalue weighted by molar-refractivity contribution is -0.0329. The molecule has 0 radical (unpaired) electrons. The van der Waals surface area contributed by atoms with Crippen LogP contribution in [0.2, 0.25) is 0 Å². The van der Waals surface area contributed by atoms with Crippen LogP contribution in [0.3, 0.4) is 0 Å². The standard InChI is InChI=1S/C8H7F4O5PS2/c9-5-2-1-3-6(19-8(10,11)12)7(5)20(15,16)17-4-18(13)14/h1-3,18H,4H2,(H,13,14). The lowest BCUT2D eigenvalue weighted by Crippen LogP contribution is -2.11. The maximum absolute atomic E-state index is 13.5. The predicted molar refractivity (Wildman–Crippen MR) is 62.7 cm³/mol. The summed E-state index contributed by atoms with van der Waals surface area (Å²) < 4.78 is 87.9. The molecule has 0 aliphatic carbocycles. The Labute approximate surface area is 115 Å². The first kappa shape index (κ1) is 17.4. The van der Waals surface area contributed by atoms with Crippen LogP contribution < -0.4 is 0 Å². The summed E-state index contributed by atoms with van der Waals surface area (Å²) >= 11 is -0.829. The first-order chi connectivity index (χ1) is 9.03. The van der Waals surface area contributed by atoms with Crippen LogP contribution in [0.4, 0.5) is 17.6 Å². The SMILES string of the molecule is O=[PH](O)COS(=O)(=O)c1c(F)cccc1SC(F)(F)F. The highest BCUT2D eigenvalue weighted by atomic mass is 32.2. The highest BCUT2D eigenvalue weighted by molar-refractivity contribution is 8.00. The van der Waals surface area contributed by atoms with Gasteiger partial charge in [0.15, 0.2) is 0 Å². The predicted octanol–water partition coefficient (Wildman–Crippen LogP) is 2.57. The summed E-state index contributed by atoms with van der Waals surface area (Å²) in [5.74, 6) is -1.45. The summed E-state index contributed by atoms with van der Waals surface area (Å²) in [7, 11) is -8.26. The molecule has 0 saturated heterocycles. The van der Waals surface area contributed by atoms with Crippen molar-refractivity contribution in [2.24, 2.45) is 0 Å². The van der Waals surface area contributed by atoms with Crippen molar-refractivity contribution in [3.05, 3.63) is 24.0 Å². The van der Waals surface area contributed by atoms with E-state index in [0.29, 0.717) is 6.07 Å². The molecule has 0 aliphatic heterocycles. The Morgan fingerprint density at radius 3 is 2.45 bits per heavy atom. The molecule has 0 aromatic heterocycles. The van der Waals surface area contributed by atoms with Gasteiger partial charge in [-0.05, 0) is 23.9 Å². The maximum atomic E-state index is 13.5. The van der Waals surface area contributed by atoms with E-state index in [-0.39, 0.29) is 0 Å². The summed E-state index contributed by atoms with van der Waals surface area (Å²) in [5.41, 5.74) is -4.83. The number of benzene rings is 1. The molecule has 114 valence electrons. The smallest absolute Gasteiger partial charge is 0.345 e. The van der Waals surface area contributed by atoms with E-state index in [1.807, 2.05) is 0 Å². The third kappa shape index (κ3) is 5.06. The van der Waals surface area contributed by atoms with E-state index >= 15 is 0 Å². The Kier molecular flexibility index (Phi) is 5.61. The molecule has 0 aliphatic rings. The number of hydrogen-bond donors (Lipinski definition) is 1. The lowest BCUT2D eigenvalue weighted by atomic mass is 10.3. The fraction of sp³-hybridized carbons (Fsp3) is 0.250. The Hall–Kier alpha value is -0.610. The van der Waals surface area contributed by atoms with Gasteiger partial charge in [0.2, 0.25) is 8.03 Å². The largest absolute Gasteiger partial charge is 0.446 e.